The summed E-state index contributed by atoms with van der Waals surface area (Å²) < 4.78 is 14.7. The van der Waals surface area contributed by atoms with Gasteiger partial charge in [0.25, 0.3) is 0 Å². The fourth-order valence-corrected chi connectivity index (χ4v) is 1.63. The maximum atomic E-state index is 11.3. The van der Waals surface area contributed by atoms with E-state index in [1.807, 2.05) is 0 Å². The molecule has 1 atom stereocenters. The van der Waals surface area contributed by atoms with Gasteiger partial charge in [-0.15, -0.1) is 0 Å². The quantitative estimate of drug-likeness (QED) is 0.831. The number of esters is 1. The van der Waals surface area contributed by atoms with Gasteiger partial charge in [0, 0.05) is 16.7 Å². The maximum Gasteiger partial charge on any atom is 0.327 e. The molecule has 0 bridgehead atoms. The highest BCUT2D eigenvalue weighted by Gasteiger charge is 2.21. The average Bonchev–Trinajstić information content (AvgIpc) is 2.36. The van der Waals surface area contributed by atoms with E-state index >= 15 is 0 Å². The second-order valence-corrected chi connectivity index (χ2v) is 3.64. The molecule has 6 heteroatoms. The van der Waals surface area contributed by atoms with Crippen LogP contribution in [-0.2, 0) is 9.53 Å². The summed E-state index contributed by atoms with van der Waals surface area (Å²) in [7, 11) is 4.24. The molecule has 0 heterocycles. The monoisotopic (exact) mass is 259 g/mol. The van der Waals surface area contributed by atoms with Gasteiger partial charge in [-0.3, -0.25) is 4.79 Å². The van der Waals surface area contributed by atoms with E-state index in [1.54, 1.807) is 12.1 Å². The minimum absolute atomic E-state index is 0.320. The smallest absolute Gasteiger partial charge is 0.327 e. The number of nitrogens with two attached hydrogens (primary N) is 1. The van der Waals surface area contributed by atoms with E-state index in [1.165, 1.54) is 21.3 Å². The molecule has 0 saturated carbocycles. The van der Waals surface area contributed by atoms with Crippen molar-refractivity contribution in [2.45, 2.75) is 6.04 Å². The molecular weight excluding hydrogens is 246 g/mol. The van der Waals surface area contributed by atoms with Gasteiger partial charge in [0.05, 0.1) is 21.3 Å². The lowest BCUT2D eigenvalue weighted by molar-refractivity contribution is -0.142. The minimum Gasteiger partial charge on any atom is -0.493 e. The molecule has 17 heavy (non-hydrogen) atoms. The predicted octanol–water partition coefficient (Wildman–Crippen LogP) is 1.53. The molecule has 0 aliphatic rings. The number of methoxy groups -OCH3 is 3. The Balaban J connectivity index is 3.21. The highest BCUT2D eigenvalue weighted by molar-refractivity contribution is 6.31. The summed E-state index contributed by atoms with van der Waals surface area (Å²) in [6.45, 7) is 0. The fourth-order valence-electron chi connectivity index (χ4n) is 1.36. The second-order valence-electron chi connectivity index (χ2n) is 3.23. The first kappa shape index (κ1) is 13.6. The van der Waals surface area contributed by atoms with Crippen LogP contribution in [0.2, 0.25) is 5.02 Å². The van der Waals surface area contributed by atoms with Crippen molar-refractivity contribution in [2.75, 3.05) is 21.3 Å². The van der Waals surface area contributed by atoms with E-state index < -0.39 is 12.0 Å². The van der Waals surface area contributed by atoms with Crippen LogP contribution >= 0.6 is 11.6 Å². The van der Waals surface area contributed by atoms with Crippen LogP contribution in [0.3, 0.4) is 0 Å². The number of hydrogen-bond acceptors (Lipinski definition) is 5. The summed E-state index contributed by atoms with van der Waals surface area (Å²) in [6, 6.07) is 2.15. The largest absolute Gasteiger partial charge is 0.493 e. The van der Waals surface area contributed by atoms with Gasteiger partial charge in [0.2, 0.25) is 0 Å². The van der Waals surface area contributed by atoms with Crippen LogP contribution in [-0.4, -0.2) is 27.3 Å². The van der Waals surface area contributed by atoms with Crippen LogP contribution < -0.4 is 15.2 Å². The van der Waals surface area contributed by atoms with Crippen LogP contribution in [0.4, 0.5) is 0 Å². The van der Waals surface area contributed by atoms with Gasteiger partial charge in [-0.1, -0.05) is 11.6 Å². The van der Waals surface area contributed by atoms with E-state index in [-0.39, 0.29) is 0 Å². The Morgan fingerprint density at radius 3 is 2.24 bits per heavy atom. The third-order valence-electron chi connectivity index (χ3n) is 2.29. The number of carbonyl (C=O) groups is 1. The zero-order valence-corrected chi connectivity index (χ0v) is 10.6. The van der Waals surface area contributed by atoms with Crippen molar-refractivity contribution >= 4 is 17.6 Å². The lowest BCUT2D eigenvalue weighted by atomic mass is 10.1. The van der Waals surface area contributed by atoms with Gasteiger partial charge >= 0.3 is 5.97 Å². The predicted molar refractivity (Wildman–Crippen MR) is 63.5 cm³/mol. The number of rotatable bonds is 4. The first-order valence-corrected chi connectivity index (χ1v) is 5.17. The molecule has 1 aromatic carbocycles. The van der Waals surface area contributed by atoms with E-state index in [4.69, 9.17) is 26.8 Å². The molecule has 1 unspecified atom stereocenters. The van der Waals surface area contributed by atoms with Crippen molar-refractivity contribution in [3.8, 4) is 11.5 Å². The Morgan fingerprint density at radius 2 is 1.76 bits per heavy atom. The molecule has 94 valence electrons. The standard InChI is InChI=1S/C11H14ClNO4/c1-15-8-4-6(10(13)11(14)17-3)7(12)5-9(8)16-2/h4-5,10H,13H2,1-3H3. The summed E-state index contributed by atoms with van der Waals surface area (Å²) in [5.74, 6) is 0.351. The van der Waals surface area contributed by atoms with Crippen molar-refractivity contribution in [3.05, 3.63) is 22.7 Å². The molecular formula is C11H14ClNO4. The van der Waals surface area contributed by atoms with E-state index in [0.717, 1.165) is 0 Å². The molecule has 0 fully saturated rings. The topological polar surface area (TPSA) is 70.8 Å². The van der Waals surface area contributed by atoms with Gasteiger partial charge in [-0.25, -0.2) is 0 Å². The number of carbonyl (C=O) groups excluding carboxylic acids is 1. The zero-order valence-electron chi connectivity index (χ0n) is 9.82. The van der Waals surface area contributed by atoms with Crippen LogP contribution in [0, 0.1) is 0 Å². The molecule has 5 nitrogen and oxygen atoms in total. The van der Waals surface area contributed by atoms with Crippen molar-refractivity contribution in [3.63, 3.8) is 0 Å². The molecule has 0 aliphatic carbocycles. The first-order chi connectivity index (χ1) is 8.04. The van der Waals surface area contributed by atoms with E-state index in [9.17, 15) is 4.79 Å². The molecule has 0 aliphatic heterocycles. The maximum absolute atomic E-state index is 11.3. The number of halogens is 1. The molecule has 0 saturated heterocycles. The van der Waals surface area contributed by atoms with Gasteiger partial charge in [-0.2, -0.15) is 0 Å². The first-order valence-electron chi connectivity index (χ1n) is 4.80. The molecule has 2 N–H and O–H groups in total. The van der Waals surface area contributed by atoms with Crippen LogP contribution in [0.1, 0.15) is 11.6 Å². The summed E-state index contributed by atoms with van der Waals surface area (Å²) in [5, 5.41) is 0.320. The Labute approximate surface area is 104 Å². The van der Waals surface area contributed by atoms with Crippen molar-refractivity contribution in [1.82, 2.24) is 0 Å². The van der Waals surface area contributed by atoms with Gasteiger partial charge in [-0.05, 0) is 6.07 Å². The molecule has 0 aromatic heterocycles. The van der Waals surface area contributed by atoms with Gasteiger partial charge in [0.1, 0.15) is 6.04 Å². The van der Waals surface area contributed by atoms with Crippen LogP contribution in [0.25, 0.3) is 0 Å². The molecule has 0 radical (unpaired) electrons. The van der Waals surface area contributed by atoms with Crippen molar-refractivity contribution < 1.29 is 19.0 Å². The summed E-state index contributed by atoms with van der Waals surface area (Å²) in [4.78, 5) is 11.3. The Hall–Kier alpha value is -1.46. The Morgan fingerprint density at radius 1 is 1.24 bits per heavy atom. The molecule has 0 amide bonds. The van der Waals surface area contributed by atoms with Crippen molar-refractivity contribution in [2.24, 2.45) is 5.73 Å². The molecule has 1 aromatic rings. The summed E-state index contributed by atoms with van der Waals surface area (Å²) >= 11 is 6.01. The number of ether oxygens (including phenoxy) is 3. The van der Waals surface area contributed by atoms with Crippen molar-refractivity contribution in [1.29, 1.82) is 0 Å². The summed E-state index contributed by atoms with van der Waals surface area (Å²) in [6.07, 6.45) is 0. The zero-order chi connectivity index (χ0) is 13.0. The normalized spacial score (nSPS) is 11.8. The van der Waals surface area contributed by atoms with Gasteiger partial charge in [0.15, 0.2) is 11.5 Å². The number of hydrogen-bond donors (Lipinski definition) is 1. The summed E-state index contributed by atoms with van der Waals surface area (Å²) in [5.41, 5.74) is 6.14. The lowest BCUT2D eigenvalue weighted by Crippen LogP contribution is -2.23. The van der Waals surface area contributed by atoms with E-state index in [0.29, 0.717) is 22.1 Å². The minimum atomic E-state index is -0.952. The number of benzene rings is 1. The third-order valence-corrected chi connectivity index (χ3v) is 2.62. The molecule has 1 rings (SSSR count). The molecule has 0 spiro atoms. The van der Waals surface area contributed by atoms with Crippen LogP contribution in [0.15, 0.2) is 12.1 Å². The second kappa shape index (κ2) is 5.75. The highest BCUT2D eigenvalue weighted by atomic mass is 35.5. The third kappa shape index (κ3) is 2.81. The van der Waals surface area contributed by atoms with Gasteiger partial charge < -0.3 is 19.9 Å². The SMILES string of the molecule is COC(=O)C(N)c1cc(OC)c(OC)cc1Cl. The Bertz CT molecular complexity index is 422. The fraction of sp³-hybridized carbons (Fsp3) is 0.364. The Kier molecular flexibility index (Phi) is 4.60. The average molecular weight is 260 g/mol. The van der Waals surface area contributed by atoms with Crippen LogP contribution in [0.5, 0.6) is 11.5 Å². The van der Waals surface area contributed by atoms with E-state index in [2.05, 4.69) is 4.74 Å². The lowest BCUT2D eigenvalue weighted by Gasteiger charge is -2.15. The highest BCUT2D eigenvalue weighted by Crippen LogP contribution is 2.35.